The molecule has 0 saturated carbocycles. The highest BCUT2D eigenvalue weighted by Gasteiger charge is 2.17. The van der Waals surface area contributed by atoms with Crippen LogP contribution in [-0.4, -0.2) is 25.0 Å². The summed E-state index contributed by atoms with van der Waals surface area (Å²) in [6.07, 6.45) is -0.859. The fraction of sp³-hybridized carbons (Fsp3) is 0.200. The van der Waals surface area contributed by atoms with Crippen LogP contribution in [-0.2, 0) is 10.0 Å². The number of aliphatic hydroxyl groups is 1. The lowest BCUT2D eigenvalue weighted by Crippen LogP contribution is -2.15. The molecule has 0 aliphatic heterocycles. The van der Waals surface area contributed by atoms with E-state index in [1.165, 1.54) is 12.1 Å². The number of nitrogens with two attached hydrogens (primary N) is 1. The van der Waals surface area contributed by atoms with Gasteiger partial charge in [0.1, 0.15) is 0 Å². The molecular formula is C15H17N3O5S. The van der Waals surface area contributed by atoms with Gasteiger partial charge < -0.3 is 10.4 Å². The van der Waals surface area contributed by atoms with Crippen LogP contribution in [0.2, 0.25) is 0 Å². The molecule has 2 aromatic carbocycles. The highest BCUT2D eigenvalue weighted by molar-refractivity contribution is 7.89. The smallest absolute Gasteiger partial charge is 0.272 e. The topological polar surface area (TPSA) is 136 Å². The van der Waals surface area contributed by atoms with Crippen molar-refractivity contribution in [2.45, 2.75) is 17.9 Å². The predicted molar refractivity (Wildman–Crippen MR) is 89.1 cm³/mol. The lowest BCUT2D eigenvalue weighted by atomic mass is 10.1. The number of nitrogens with one attached hydrogen (secondary N) is 1. The number of aryl methyl sites for hydroxylation is 1. The summed E-state index contributed by atoms with van der Waals surface area (Å²) in [6, 6.07) is 10.5. The number of anilines is 1. The second kappa shape index (κ2) is 6.95. The highest BCUT2D eigenvalue weighted by Crippen LogP contribution is 2.24. The van der Waals surface area contributed by atoms with Crippen molar-refractivity contribution in [2.75, 3.05) is 11.9 Å². The van der Waals surface area contributed by atoms with Gasteiger partial charge >= 0.3 is 0 Å². The maximum absolute atomic E-state index is 11.4. The Balaban J connectivity index is 2.23. The van der Waals surface area contributed by atoms with Crippen LogP contribution in [0.15, 0.2) is 47.4 Å². The number of rotatable bonds is 6. The molecule has 128 valence electrons. The third-order valence-electron chi connectivity index (χ3n) is 3.36. The minimum absolute atomic E-state index is 0.0503. The Morgan fingerprint density at radius 1 is 1.29 bits per heavy atom. The van der Waals surface area contributed by atoms with Gasteiger partial charge in [0.2, 0.25) is 10.0 Å². The summed E-state index contributed by atoms with van der Waals surface area (Å²) in [5.74, 6) is 0. The van der Waals surface area contributed by atoms with Crippen molar-refractivity contribution >= 4 is 21.4 Å². The summed E-state index contributed by atoms with van der Waals surface area (Å²) >= 11 is 0. The molecule has 8 nitrogen and oxygen atoms in total. The van der Waals surface area contributed by atoms with Crippen LogP contribution in [0.5, 0.6) is 0 Å². The second-order valence-corrected chi connectivity index (χ2v) is 6.89. The molecule has 0 aromatic heterocycles. The number of benzene rings is 2. The highest BCUT2D eigenvalue weighted by atomic mass is 32.2. The van der Waals surface area contributed by atoms with E-state index in [0.717, 1.165) is 11.6 Å². The quantitative estimate of drug-likeness (QED) is 0.535. The molecule has 0 fully saturated rings. The predicted octanol–water partition coefficient (Wildman–Crippen LogP) is 1.70. The van der Waals surface area contributed by atoms with E-state index in [9.17, 15) is 23.6 Å². The van der Waals surface area contributed by atoms with E-state index in [1.54, 1.807) is 12.1 Å². The Morgan fingerprint density at radius 3 is 2.58 bits per heavy atom. The third-order valence-corrected chi connectivity index (χ3v) is 4.25. The number of non-ortho nitro benzene ring substituents is 1. The maximum Gasteiger partial charge on any atom is 0.272 e. The molecule has 0 heterocycles. The summed E-state index contributed by atoms with van der Waals surface area (Å²) in [5.41, 5.74) is 1.44. The number of sulfonamides is 1. The maximum atomic E-state index is 11.4. The fourth-order valence-electron chi connectivity index (χ4n) is 2.16. The van der Waals surface area contributed by atoms with Crippen molar-refractivity contribution in [3.63, 3.8) is 0 Å². The molecule has 2 rings (SSSR count). The average molecular weight is 351 g/mol. The van der Waals surface area contributed by atoms with Crippen LogP contribution >= 0.6 is 0 Å². The van der Waals surface area contributed by atoms with Crippen molar-refractivity contribution in [1.29, 1.82) is 0 Å². The Morgan fingerprint density at radius 2 is 2.00 bits per heavy atom. The van der Waals surface area contributed by atoms with E-state index in [4.69, 9.17) is 5.14 Å². The van der Waals surface area contributed by atoms with Crippen molar-refractivity contribution in [2.24, 2.45) is 5.14 Å². The largest absolute Gasteiger partial charge is 0.387 e. The zero-order valence-corrected chi connectivity index (χ0v) is 13.7. The summed E-state index contributed by atoms with van der Waals surface area (Å²) < 4.78 is 22.9. The van der Waals surface area contributed by atoms with Gasteiger partial charge in [0, 0.05) is 24.4 Å². The van der Waals surface area contributed by atoms with Crippen molar-refractivity contribution in [3.8, 4) is 0 Å². The standard InChI is InChI=1S/C15H17N3O5S/c1-10-3-2-4-11(5-10)15(19)9-17-12-6-13(18(20)21)8-14(7-12)24(16,22)23/h2-8,15,17,19H,9H2,1H3,(H2,16,22,23). The molecule has 0 spiro atoms. The first-order valence-electron chi connectivity index (χ1n) is 6.97. The lowest BCUT2D eigenvalue weighted by molar-refractivity contribution is -0.385. The first-order valence-corrected chi connectivity index (χ1v) is 8.52. The molecule has 0 radical (unpaired) electrons. The molecule has 1 atom stereocenters. The second-order valence-electron chi connectivity index (χ2n) is 5.33. The van der Waals surface area contributed by atoms with E-state index >= 15 is 0 Å². The van der Waals surface area contributed by atoms with Gasteiger partial charge in [0.05, 0.1) is 15.9 Å². The van der Waals surface area contributed by atoms with Gasteiger partial charge in [0.25, 0.3) is 5.69 Å². The summed E-state index contributed by atoms with van der Waals surface area (Å²) in [7, 11) is -4.08. The van der Waals surface area contributed by atoms with Crippen LogP contribution in [0, 0.1) is 17.0 Å². The van der Waals surface area contributed by atoms with Crippen molar-refractivity contribution < 1.29 is 18.4 Å². The Labute approximate surface area is 139 Å². The van der Waals surface area contributed by atoms with Gasteiger partial charge in [-0.05, 0) is 18.6 Å². The van der Waals surface area contributed by atoms with Crippen LogP contribution in [0.25, 0.3) is 0 Å². The first kappa shape index (κ1) is 17.9. The number of primary sulfonamides is 1. The number of hydrogen-bond acceptors (Lipinski definition) is 6. The van der Waals surface area contributed by atoms with Gasteiger partial charge in [-0.1, -0.05) is 29.8 Å². The van der Waals surface area contributed by atoms with E-state index in [2.05, 4.69) is 5.32 Å². The minimum Gasteiger partial charge on any atom is -0.387 e. The molecule has 0 saturated heterocycles. The van der Waals surface area contributed by atoms with E-state index < -0.39 is 26.7 Å². The third kappa shape index (κ3) is 4.51. The molecule has 0 bridgehead atoms. The molecule has 4 N–H and O–H groups in total. The molecule has 24 heavy (non-hydrogen) atoms. The lowest BCUT2D eigenvalue weighted by Gasteiger charge is -2.14. The molecule has 1 unspecified atom stereocenters. The van der Waals surface area contributed by atoms with Crippen LogP contribution in [0.4, 0.5) is 11.4 Å². The fourth-order valence-corrected chi connectivity index (χ4v) is 2.74. The molecular weight excluding hydrogens is 334 g/mol. The van der Waals surface area contributed by atoms with Crippen molar-refractivity contribution in [3.05, 3.63) is 63.7 Å². The van der Waals surface area contributed by atoms with Gasteiger partial charge in [-0.3, -0.25) is 10.1 Å². The molecule has 0 amide bonds. The van der Waals surface area contributed by atoms with Crippen molar-refractivity contribution in [1.82, 2.24) is 0 Å². The minimum atomic E-state index is -4.08. The zero-order valence-electron chi connectivity index (χ0n) is 12.8. The van der Waals surface area contributed by atoms with E-state index in [0.29, 0.717) is 5.56 Å². The van der Waals surface area contributed by atoms with Gasteiger partial charge in [-0.25, -0.2) is 13.6 Å². The monoisotopic (exact) mass is 351 g/mol. The molecule has 0 aliphatic rings. The van der Waals surface area contributed by atoms with Gasteiger partial charge in [-0.15, -0.1) is 0 Å². The molecule has 9 heteroatoms. The summed E-state index contributed by atoms with van der Waals surface area (Å²) in [5, 5.41) is 28.9. The number of nitro benzene ring substituents is 1. The van der Waals surface area contributed by atoms with Crippen LogP contribution < -0.4 is 10.5 Å². The normalized spacial score (nSPS) is 12.6. The van der Waals surface area contributed by atoms with Gasteiger partial charge in [0.15, 0.2) is 0 Å². The van der Waals surface area contributed by atoms with Gasteiger partial charge in [-0.2, -0.15) is 0 Å². The summed E-state index contributed by atoms with van der Waals surface area (Å²) in [6.45, 7) is 1.94. The van der Waals surface area contributed by atoms with E-state index in [1.807, 2.05) is 19.1 Å². The van der Waals surface area contributed by atoms with Crippen LogP contribution in [0.3, 0.4) is 0 Å². The number of hydrogen-bond donors (Lipinski definition) is 3. The van der Waals surface area contributed by atoms with Crippen LogP contribution in [0.1, 0.15) is 17.2 Å². The summed E-state index contributed by atoms with van der Waals surface area (Å²) in [4.78, 5) is 9.84. The Kier molecular flexibility index (Phi) is 5.17. The first-order chi connectivity index (χ1) is 11.2. The number of nitrogens with zero attached hydrogens (tertiary/aromatic N) is 1. The Hall–Kier alpha value is -2.49. The molecule has 0 aliphatic carbocycles. The zero-order chi connectivity index (χ0) is 17.9. The SMILES string of the molecule is Cc1cccc(C(O)CNc2cc([N+](=O)[O-])cc(S(N)(=O)=O)c2)c1. The Bertz CT molecular complexity index is 867. The molecule has 2 aromatic rings. The average Bonchev–Trinajstić information content (AvgIpc) is 2.51. The van der Waals surface area contributed by atoms with E-state index in [-0.39, 0.29) is 17.1 Å². The number of aliphatic hydroxyl groups excluding tert-OH is 1. The number of nitro groups is 1.